The van der Waals surface area contributed by atoms with Crippen molar-refractivity contribution in [1.29, 1.82) is 0 Å². The minimum absolute atomic E-state index is 0.649. The highest BCUT2D eigenvalue weighted by Gasteiger charge is 2.02. The molecule has 0 aliphatic carbocycles. The van der Waals surface area contributed by atoms with Gasteiger partial charge in [-0.15, -0.1) is 11.6 Å². The SMILES string of the molecule is CCOCCc1cnc(CCCCl)o1. The van der Waals surface area contributed by atoms with Crippen molar-refractivity contribution in [2.24, 2.45) is 0 Å². The average Bonchev–Trinajstić information content (AvgIpc) is 2.63. The molecule has 0 saturated carbocycles. The first-order valence-electron chi connectivity index (χ1n) is 4.94. The van der Waals surface area contributed by atoms with Crippen LogP contribution in [-0.2, 0) is 17.6 Å². The van der Waals surface area contributed by atoms with E-state index in [0.29, 0.717) is 12.5 Å². The van der Waals surface area contributed by atoms with Gasteiger partial charge in [-0.1, -0.05) is 0 Å². The minimum atomic E-state index is 0.649. The number of alkyl halides is 1. The molecule has 0 aromatic carbocycles. The monoisotopic (exact) mass is 217 g/mol. The molecule has 0 fully saturated rings. The summed E-state index contributed by atoms with van der Waals surface area (Å²) in [6.07, 6.45) is 4.29. The predicted molar refractivity (Wildman–Crippen MR) is 55.7 cm³/mol. The third-order valence-corrected chi connectivity index (χ3v) is 2.09. The number of aromatic nitrogens is 1. The Kier molecular flexibility index (Phi) is 5.64. The fourth-order valence-electron chi connectivity index (χ4n) is 1.11. The Morgan fingerprint density at radius 2 is 2.36 bits per heavy atom. The van der Waals surface area contributed by atoms with Crippen LogP contribution in [0.2, 0.25) is 0 Å². The van der Waals surface area contributed by atoms with Crippen LogP contribution < -0.4 is 0 Å². The number of aryl methyl sites for hydroxylation is 1. The summed E-state index contributed by atoms with van der Waals surface area (Å²) < 4.78 is 10.7. The lowest BCUT2D eigenvalue weighted by atomic mass is 10.3. The molecule has 0 aliphatic heterocycles. The summed E-state index contributed by atoms with van der Waals surface area (Å²) in [5.41, 5.74) is 0. The molecule has 4 heteroatoms. The number of oxazole rings is 1. The van der Waals surface area contributed by atoms with Crippen molar-refractivity contribution in [3.8, 4) is 0 Å². The highest BCUT2D eigenvalue weighted by molar-refractivity contribution is 6.17. The van der Waals surface area contributed by atoms with Gasteiger partial charge in [0.25, 0.3) is 0 Å². The van der Waals surface area contributed by atoms with Crippen LogP contribution in [0.5, 0.6) is 0 Å². The maximum Gasteiger partial charge on any atom is 0.194 e. The van der Waals surface area contributed by atoms with Crippen molar-refractivity contribution in [3.05, 3.63) is 17.8 Å². The number of nitrogens with zero attached hydrogens (tertiary/aromatic N) is 1. The van der Waals surface area contributed by atoms with Gasteiger partial charge < -0.3 is 9.15 Å². The molecule has 1 aromatic rings. The Bertz CT molecular complexity index is 250. The van der Waals surface area contributed by atoms with Crippen molar-refractivity contribution in [3.63, 3.8) is 0 Å². The molecule has 0 atom stereocenters. The van der Waals surface area contributed by atoms with Gasteiger partial charge >= 0.3 is 0 Å². The molecule has 1 aromatic heterocycles. The topological polar surface area (TPSA) is 35.3 Å². The third-order valence-electron chi connectivity index (χ3n) is 1.82. The van der Waals surface area contributed by atoms with Crippen molar-refractivity contribution in [2.75, 3.05) is 19.1 Å². The van der Waals surface area contributed by atoms with Gasteiger partial charge in [0.05, 0.1) is 12.8 Å². The van der Waals surface area contributed by atoms with Crippen molar-refractivity contribution in [2.45, 2.75) is 26.2 Å². The maximum atomic E-state index is 5.57. The van der Waals surface area contributed by atoms with Gasteiger partial charge in [-0.2, -0.15) is 0 Å². The van der Waals surface area contributed by atoms with Crippen LogP contribution in [0.4, 0.5) is 0 Å². The molecule has 0 radical (unpaired) electrons. The second kappa shape index (κ2) is 6.85. The first-order chi connectivity index (χ1) is 6.86. The molecular weight excluding hydrogens is 202 g/mol. The van der Waals surface area contributed by atoms with Crippen molar-refractivity contribution >= 4 is 11.6 Å². The molecule has 3 nitrogen and oxygen atoms in total. The van der Waals surface area contributed by atoms with E-state index in [0.717, 1.165) is 37.5 Å². The molecule has 1 heterocycles. The zero-order chi connectivity index (χ0) is 10.2. The minimum Gasteiger partial charge on any atom is -0.446 e. The number of rotatable bonds is 7. The lowest BCUT2D eigenvalue weighted by Gasteiger charge is -1.96. The second-order valence-electron chi connectivity index (χ2n) is 2.96. The van der Waals surface area contributed by atoms with Crippen LogP contribution in [0.1, 0.15) is 25.0 Å². The van der Waals surface area contributed by atoms with Crippen LogP contribution in [-0.4, -0.2) is 24.1 Å². The highest BCUT2D eigenvalue weighted by atomic mass is 35.5. The lowest BCUT2D eigenvalue weighted by Crippen LogP contribution is -1.96. The van der Waals surface area contributed by atoms with Gasteiger partial charge in [0.2, 0.25) is 0 Å². The zero-order valence-electron chi connectivity index (χ0n) is 8.46. The van der Waals surface area contributed by atoms with E-state index >= 15 is 0 Å². The van der Waals surface area contributed by atoms with Crippen LogP contribution in [0.15, 0.2) is 10.6 Å². The molecule has 0 saturated heterocycles. The van der Waals surface area contributed by atoms with Crippen molar-refractivity contribution < 1.29 is 9.15 Å². The fourth-order valence-corrected chi connectivity index (χ4v) is 1.25. The fraction of sp³-hybridized carbons (Fsp3) is 0.700. The number of hydrogen-bond acceptors (Lipinski definition) is 3. The highest BCUT2D eigenvalue weighted by Crippen LogP contribution is 2.07. The Hall–Kier alpha value is -0.540. The van der Waals surface area contributed by atoms with Gasteiger partial charge in [-0.25, -0.2) is 4.98 Å². The summed E-state index contributed by atoms with van der Waals surface area (Å²) in [6, 6.07) is 0. The predicted octanol–water partition coefficient (Wildman–Crippen LogP) is 2.43. The molecule has 0 N–H and O–H groups in total. The quantitative estimate of drug-likeness (QED) is 0.520. The first kappa shape index (κ1) is 11.5. The molecule has 14 heavy (non-hydrogen) atoms. The third kappa shape index (κ3) is 4.11. The average molecular weight is 218 g/mol. The summed E-state index contributed by atoms with van der Waals surface area (Å²) in [5, 5.41) is 0. The van der Waals surface area contributed by atoms with Crippen LogP contribution in [0.25, 0.3) is 0 Å². The Labute approximate surface area is 89.4 Å². The van der Waals surface area contributed by atoms with Gasteiger partial charge in [-0.05, 0) is 13.3 Å². The van der Waals surface area contributed by atoms with Gasteiger partial charge in [0, 0.05) is 25.3 Å². The molecular formula is C10H16ClNO2. The lowest BCUT2D eigenvalue weighted by molar-refractivity contribution is 0.146. The standard InChI is InChI=1S/C10H16ClNO2/c1-2-13-7-5-9-8-12-10(14-9)4-3-6-11/h8H,2-7H2,1H3. The molecule has 0 unspecified atom stereocenters. The largest absolute Gasteiger partial charge is 0.446 e. The van der Waals surface area contributed by atoms with Crippen LogP contribution >= 0.6 is 11.6 Å². The Balaban J connectivity index is 2.27. The molecule has 0 bridgehead atoms. The summed E-state index contributed by atoms with van der Waals surface area (Å²) >= 11 is 5.57. The molecule has 1 rings (SSSR count). The summed E-state index contributed by atoms with van der Waals surface area (Å²) in [5.74, 6) is 2.32. The van der Waals surface area contributed by atoms with E-state index in [2.05, 4.69) is 4.98 Å². The normalized spacial score (nSPS) is 10.7. The summed E-state index contributed by atoms with van der Waals surface area (Å²) in [6.45, 7) is 3.42. The summed E-state index contributed by atoms with van der Waals surface area (Å²) in [4.78, 5) is 4.15. The van der Waals surface area contributed by atoms with E-state index in [-0.39, 0.29) is 0 Å². The van der Waals surface area contributed by atoms with Crippen LogP contribution in [0.3, 0.4) is 0 Å². The maximum absolute atomic E-state index is 5.57. The van der Waals surface area contributed by atoms with E-state index in [1.807, 2.05) is 6.92 Å². The van der Waals surface area contributed by atoms with Crippen LogP contribution in [0, 0.1) is 0 Å². The Morgan fingerprint density at radius 1 is 1.50 bits per heavy atom. The smallest absolute Gasteiger partial charge is 0.194 e. The molecule has 0 spiro atoms. The van der Waals surface area contributed by atoms with Gasteiger partial charge in [0.15, 0.2) is 5.89 Å². The first-order valence-corrected chi connectivity index (χ1v) is 5.47. The number of ether oxygens (including phenoxy) is 1. The van der Waals surface area contributed by atoms with E-state index in [4.69, 9.17) is 20.8 Å². The number of halogens is 1. The van der Waals surface area contributed by atoms with Gasteiger partial charge in [0.1, 0.15) is 5.76 Å². The van der Waals surface area contributed by atoms with Gasteiger partial charge in [-0.3, -0.25) is 0 Å². The molecule has 0 amide bonds. The zero-order valence-corrected chi connectivity index (χ0v) is 9.22. The van der Waals surface area contributed by atoms with E-state index < -0.39 is 0 Å². The van der Waals surface area contributed by atoms with Crippen molar-refractivity contribution in [1.82, 2.24) is 4.98 Å². The number of hydrogen-bond donors (Lipinski definition) is 0. The second-order valence-corrected chi connectivity index (χ2v) is 3.34. The molecule has 0 aliphatic rings. The molecule has 80 valence electrons. The Morgan fingerprint density at radius 3 is 3.07 bits per heavy atom. The van der Waals surface area contributed by atoms with E-state index in [1.165, 1.54) is 0 Å². The van der Waals surface area contributed by atoms with E-state index in [1.54, 1.807) is 6.20 Å². The van der Waals surface area contributed by atoms with E-state index in [9.17, 15) is 0 Å². The summed E-state index contributed by atoms with van der Waals surface area (Å²) in [7, 11) is 0.